The van der Waals surface area contributed by atoms with E-state index in [-0.39, 0.29) is 16.9 Å². The molecule has 1 aromatic heterocycles. The average molecular weight is 330 g/mol. The molecule has 0 spiro atoms. The van der Waals surface area contributed by atoms with Crippen LogP contribution in [0.3, 0.4) is 0 Å². The smallest absolute Gasteiger partial charge is 0.340 e. The first-order valence-electron chi connectivity index (χ1n) is 7.09. The average Bonchev–Trinajstić information content (AvgIpc) is 2.60. The van der Waals surface area contributed by atoms with Crippen molar-refractivity contribution in [2.45, 2.75) is 6.92 Å². The highest BCUT2D eigenvalue weighted by Crippen LogP contribution is 2.33. The van der Waals surface area contributed by atoms with Crippen LogP contribution in [0.25, 0.3) is 0 Å². The summed E-state index contributed by atoms with van der Waals surface area (Å²) in [5, 5.41) is 2.66. The van der Waals surface area contributed by atoms with E-state index in [0.717, 1.165) is 0 Å². The normalized spacial score (nSPS) is 10.0. The van der Waals surface area contributed by atoms with Gasteiger partial charge in [-0.1, -0.05) is 6.07 Å². The van der Waals surface area contributed by atoms with Gasteiger partial charge in [0.2, 0.25) is 0 Å². The Balaban J connectivity index is 2.43. The molecule has 0 saturated carbocycles. The lowest BCUT2D eigenvalue weighted by Crippen LogP contribution is -2.17. The molecular formula is C17H18N2O5. The van der Waals surface area contributed by atoms with Crippen molar-refractivity contribution in [1.29, 1.82) is 0 Å². The second-order valence-electron chi connectivity index (χ2n) is 4.86. The Hall–Kier alpha value is -3.09. The van der Waals surface area contributed by atoms with Gasteiger partial charge in [-0.2, -0.15) is 0 Å². The summed E-state index contributed by atoms with van der Waals surface area (Å²) in [4.78, 5) is 28.5. The third-order valence-electron chi connectivity index (χ3n) is 3.30. The molecule has 2 aromatic rings. The molecule has 0 aliphatic heterocycles. The molecule has 0 atom stereocenters. The highest BCUT2D eigenvalue weighted by molar-refractivity contribution is 6.07. The number of hydrogen-bond acceptors (Lipinski definition) is 6. The molecule has 126 valence electrons. The molecule has 1 N–H and O–H groups in total. The Morgan fingerprint density at radius 1 is 1.04 bits per heavy atom. The lowest BCUT2D eigenvalue weighted by Gasteiger charge is -2.14. The Kier molecular flexibility index (Phi) is 5.36. The quantitative estimate of drug-likeness (QED) is 0.847. The predicted octanol–water partition coefficient (Wildman–Crippen LogP) is 2.45. The van der Waals surface area contributed by atoms with Crippen molar-refractivity contribution in [2.24, 2.45) is 0 Å². The lowest BCUT2D eigenvalue weighted by atomic mass is 10.1. The molecule has 0 aliphatic rings. The SMILES string of the molecule is COC(=O)c1cc(OC)c(OC)cc1NC(=O)c1cccc(C)n1. The fourth-order valence-electron chi connectivity index (χ4n) is 2.12. The molecule has 1 aromatic carbocycles. The standard InChI is InChI=1S/C17H18N2O5/c1-10-6-5-7-12(18-10)16(20)19-13-9-15(23-3)14(22-2)8-11(13)17(21)24-4/h5-9H,1-4H3,(H,19,20). The number of rotatable bonds is 5. The predicted molar refractivity (Wildman–Crippen MR) is 87.8 cm³/mol. The summed E-state index contributed by atoms with van der Waals surface area (Å²) in [6.07, 6.45) is 0. The number of esters is 1. The number of methoxy groups -OCH3 is 3. The Morgan fingerprint density at radius 3 is 2.29 bits per heavy atom. The van der Waals surface area contributed by atoms with Crippen molar-refractivity contribution in [3.8, 4) is 11.5 Å². The molecule has 7 nitrogen and oxygen atoms in total. The molecule has 0 bridgehead atoms. The number of amides is 1. The molecule has 0 saturated heterocycles. The number of benzene rings is 1. The van der Waals surface area contributed by atoms with Gasteiger partial charge in [-0.05, 0) is 19.1 Å². The minimum atomic E-state index is -0.608. The second-order valence-corrected chi connectivity index (χ2v) is 4.86. The van der Waals surface area contributed by atoms with E-state index in [9.17, 15) is 9.59 Å². The highest BCUT2D eigenvalue weighted by Gasteiger charge is 2.20. The maximum absolute atomic E-state index is 12.4. The zero-order valence-electron chi connectivity index (χ0n) is 13.9. The van der Waals surface area contributed by atoms with Crippen LogP contribution in [0.4, 0.5) is 5.69 Å². The van der Waals surface area contributed by atoms with Gasteiger partial charge in [-0.15, -0.1) is 0 Å². The summed E-state index contributed by atoms with van der Waals surface area (Å²) >= 11 is 0. The van der Waals surface area contributed by atoms with Crippen LogP contribution < -0.4 is 14.8 Å². The molecule has 2 rings (SSSR count). The van der Waals surface area contributed by atoms with Crippen molar-refractivity contribution < 1.29 is 23.8 Å². The molecule has 0 unspecified atom stereocenters. The van der Waals surface area contributed by atoms with Gasteiger partial charge in [0.15, 0.2) is 11.5 Å². The molecule has 0 fully saturated rings. The molecule has 0 aliphatic carbocycles. The summed E-state index contributed by atoms with van der Waals surface area (Å²) < 4.78 is 15.1. The first-order chi connectivity index (χ1) is 11.5. The topological polar surface area (TPSA) is 86.8 Å². The molecule has 24 heavy (non-hydrogen) atoms. The summed E-state index contributed by atoms with van der Waals surface area (Å²) in [5.74, 6) is -0.332. The summed E-state index contributed by atoms with van der Waals surface area (Å²) in [6, 6.07) is 8.05. The summed E-state index contributed by atoms with van der Waals surface area (Å²) in [6.45, 7) is 1.78. The van der Waals surface area contributed by atoms with E-state index in [4.69, 9.17) is 14.2 Å². The van der Waals surface area contributed by atoms with E-state index in [1.807, 2.05) is 0 Å². The summed E-state index contributed by atoms with van der Waals surface area (Å²) in [7, 11) is 4.17. The van der Waals surface area contributed by atoms with Crippen LogP contribution in [-0.4, -0.2) is 38.2 Å². The van der Waals surface area contributed by atoms with Crippen molar-refractivity contribution in [3.63, 3.8) is 0 Å². The molecule has 1 amide bonds. The van der Waals surface area contributed by atoms with Crippen molar-refractivity contribution in [1.82, 2.24) is 4.98 Å². The van der Waals surface area contributed by atoms with Crippen LogP contribution in [-0.2, 0) is 4.74 Å². The van der Waals surface area contributed by atoms with E-state index in [1.165, 1.54) is 33.5 Å². The highest BCUT2D eigenvalue weighted by atomic mass is 16.5. The van der Waals surface area contributed by atoms with E-state index in [1.54, 1.807) is 25.1 Å². The van der Waals surface area contributed by atoms with Gasteiger partial charge < -0.3 is 19.5 Å². The van der Waals surface area contributed by atoms with Crippen LogP contribution in [0.1, 0.15) is 26.5 Å². The van der Waals surface area contributed by atoms with Gasteiger partial charge in [0.05, 0.1) is 32.6 Å². The van der Waals surface area contributed by atoms with E-state index < -0.39 is 11.9 Å². The Labute approximate surface area is 139 Å². The number of pyridine rings is 1. The van der Waals surface area contributed by atoms with E-state index in [0.29, 0.717) is 17.2 Å². The third-order valence-corrected chi connectivity index (χ3v) is 3.30. The van der Waals surface area contributed by atoms with E-state index in [2.05, 4.69) is 10.3 Å². The number of aromatic nitrogens is 1. The number of carbonyl (C=O) groups is 2. The van der Waals surface area contributed by atoms with Crippen LogP contribution >= 0.6 is 0 Å². The van der Waals surface area contributed by atoms with Gasteiger partial charge >= 0.3 is 5.97 Å². The van der Waals surface area contributed by atoms with Gasteiger partial charge in [0, 0.05) is 17.8 Å². The zero-order chi connectivity index (χ0) is 17.7. The van der Waals surface area contributed by atoms with Gasteiger partial charge in [0.25, 0.3) is 5.91 Å². The Morgan fingerprint density at radius 2 is 1.71 bits per heavy atom. The first-order valence-corrected chi connectivity index (χ1v) is 7.09. The van der Waals surface area contributed by atoms with Crippen molar-refractivity contribution in [3.05, 3.63) is 47.3 Å². The van der Waals surface area contributed by atoms with Crippen LogP contribution in [0, 0.1) is 6.92 Å². The van der Waals surface area contributed by atoms with Gasteiger partial charge in [-0.3, -0.25) is 4.79 Å². The molecular weight excluding hydrogens is 312 g/mol. The van der Waals surface area contributed by atoms with Gasteiger partial charge in [-0.25, -0.2) is 9.78 Å². The fraction of sp³-hybridized carbons (Fsp3) is 0.235. The summed E-state index contributed by atoms with van der Waals surface area (Å²) in [5.41, 5.74) is 1.34. The molecule has 1 heterocycles. The molecule has 0 radical (unpaired) electrons. The van der Waals surface area contributed by atoms with Crippen LogP contribution in [0.2, 0.25) is 0 Å². The minimum Gasteiger partial charge on any atom is -0.493 e. The second kappa shape index (κ2) is 7.45. The maximum Gasteiger partial charge on any atom is 0.340 e. The van der Waals surface area contributed by atoms with Crippen LogP contribution in [0.5, 0.6) is 11.5 Å². The number of nitrogens with one attached hydrogen (secondary N) is 1. The van der Waals surface area contributed by atoms with Crippen molar-refractivity contribution >= 4 is 17.6 Å². The number of aryl methyl sites for hydroxylation is 1. The Bertz CT molecular complexity index is 774. The molecule has 7 heteroatoms. The number of ether oxygens (including phenoxy) is 3. The first kappa shape index (κ1) is 17.3. The fourth-order valence-corrected chi connectivity index (χ4v) is 2.12. The van der Waals surface area contributed by atoms with Crippen LogP contribution in [0.15, 0.2) is 30.3 Å². The van der Waals surface area contributed by atoms with E-state index >= 15 is 0 Å². The zero-order valence-corrected chi connectivity index (χ0v) is 13.9. The maximum atomic E-state index is 12.4. The number of nitrogens with zero attached hydrogens (tertiary/aromatic N) is 1. The number of anilines is 1. The lowest BCUT2D eigenvalue weighted by molar-refractivity contribution is 0.0601. The largest absolute Gasteiger partial charge is 0.493 e. The monoisotopic (exact) mass is 330 g/mol. The third kappa shape index (κ3) is 3.62. The van der Waals surface area contributed by atoms with Crippen molar-refractivity contribution in [2.75, 3.05) is 26.6 Å². The number of hydrogen-bond donors (Lipinski definition) is 1. The minimum absolute atomic E-state index is 0.149. The van der Waals surface area contributed by atoms with Gasteiger partial charge in [0.1, 0.15) is 5.69 Å². The number of carbonyl (C=O) groups excluding carboxylic acids is 2.